The zero-order chi connectivity index (χ0) is 18.0. The van der Waals surface area contributed by atoms with Crippen molar-refractivity contribution in [2.24, 2.45) is 0 Å². The summed E-state index contributed by atoms with van der Waals surface area (Å²) in [5.41, 5.74) is 4.66. The van der Waals surface area contributed by atoms with Crippen LogP contribution in [0.25, 0.3) is 0 Å². The van der Waals surface area contributed by atoms with E-state index >= 15 is 0 Å². The first-order valence-electron chi connectivity index (χ1n) is 7.85. The number of carbonyl (C=O) groups is 1. The molecular weight excluding hydrogens is 318 g/mol. The number of aromatic nitrogens is 3. The molecule has 0 radical (unpaired) electrons. The Bertz CT molecular complexity index is 892. The highest BCUT2D eigenvalue weighted by molar-refractivity contribution is 6.02. The summed E-state index contributed by atoms with van der Waals surface area (Å²) in [6.45, 7) is 7.89. The topological polar surface area (TPSA) is 92.9 Å². The quantitative estimate of drug-likeness (QED) is 0.754. The molecule has 2 heterocycles. The van der Waals surface area contributed by atoms with Gasteiger partial charge in [-0.2, -0.15) is 0 Å². The number of rotatable bonds is 4. The largest absolute Gasteiger partial charge is 0.360 e. The lowest BCUT2D eigenvalue weighted by Crippen LogP contribution is -2.14. The van der Waals surface area contributed by atoms with E-state index in [1.165, 1.54) is 5.56 Å². The molecule has 2 aromatic heterocycles. The maximum Gasteiger partial charge on any atom is 0.277 e. The monoisotopic (exact) mass is 337 g/mol. The molecular formula is C18H19N5O2. The minimum atomic E-state index is -0.393. The Morgan fingerprint density at radius 1 is 0.960 bits per heavy atom. The lowest BCUT2D eigenvalue weighted by atomic mass is 10.1. The van der Waals surface area contributed by atoms with Crippen molar-refractivity contribution >= 4 is 23.2 Å². The van der Waals surface area contributed by atoms with E-state index in [2.05, 4.69) is 45.0 Å². The van der Waals surface area contributed by atoms with Gasteiger partial charge in [-0.15, -0.1) is 10.2 Å². The lowest BCUT2D eigenvalue weighted by molar-refractivity contribution is 0.102. The van der Waals surface area contributed by atoms with Gasteiger partial charge >= 0.3 is 0 Å². The van der Waals surface area contributed by atoms with Crippen molar-refractivity contribution in [3.63, 3.8) is 0 Å². The molecule has 2 N–H and O–H groups in total. The van der Waals surface area contributed by atoms with Gasteiger partial charge in [0, 0.05) is 11.8 Å². The molecule has 0 aliphatic rings. The highest BCUT2D eigenvalue weighted by Gasteiger charge is 2.12. The number of nitrogens with zero attached hydrogens (tertiary/aromatic N) is 3. The molecule has 0 saturated carbocycles. The van der Waals surface area contributed by atoms with Gasteiger partial charge in [0.15, 0.2) is 17.3 Å². The van der Waals surface area contributed by atoms with Crippen molar-refractivity contribution in [1.82, 2.24) is 15.4 Å². The van der Waals surface area contributed by atoms with Crippen LogP contribution in [-0.4, -0.2) is 21.3 Å². The van der Waals surface area contributed by atoms with Crippen LogP contribution in [0.4, 0.5) is 17.3 Å². The number of hydrogen-bond donors (Lipinski definition) is 2. The minimum Gasteiger partial charge on any atom is -0.360 e. The molecule has 3 aromatic rings. The fraction of sp³-hybridized carbons (Fsp3) is 0.222. The third-order valence-electron chi connectivity index (χ3n) is 3.70. The number of anilines is 3. The Morgan fingerprint density at radius 3 is 2.24 bits per heavy atom. The Hall–Kier alpha value is -3.22. The molecule has 25 heavy (non-hydrogen) atoms. The predicted octanol–water partition coefficient (Wildman–Crippen LogP) is 3.69. The van der Waals surface area contributed by atoms with E-state index in [4.69, 9.17) is 4.52 Å². The lowest BCUT2D eigenvalue weighted by Gasteiger charge is -2.13. The summed E-state index contributed by atoms with van der Waals surface area (Å²) in [5, 5.41) is 17.6. The van der Waals surface area contributed by atoms with E-state index in [1.807, 2.05) is 13.8 Å². The molecule has 0 spiro atoms. The molecule has 0 aliphatic carbocycles. The zero-order valence-electron chi connectivity index (χ0n) is 14.5. The Labute approximate surface area is 145 Å². The first-order chi connectivity index (χ1) is 11.9. The predicted molar refractivity (Wildman–Crippen MR) is 95.2 cm³/mol. The second-order valence-corrected chi connectivity index (χ2v) is 5.98. The third kappa shape index (κ3) is 3.82. The summed E-state index contributed by atoms with van der Waals surface area (Å²) in [6, 6.07) is 9.16. The average molecular weight is 337 g/mol. The summed E-state index contributed by atoms with van der Waals surface area (Å²) < 4.78 is 4.91. The van der Waals surface area contributed by atoms with E-state index in [0.717, 1.165) is 16.8 Å². The number of benzene rings is 1. The van der Waals surface area contributed by atoms with Crippen molar-refractivity contribution in [1.29, 1.82) is 0 Å². The van der Waals surface area contributed by atoms with Crippen molar-refractivity contribution in [2.45, 2.75) is 27.7 Å². The van der Waals surface area contributed by atoms with E-state index in [1.54, 1.807) is 25.1 Å². The molecule has 0 aliphatic heterocycles. The highest BCUT2D eigenvalue weighted by Crippen LogP contribution is 2.24. The molecule has 0 unspecified atom stereocenters. The van der Waals surface area contributed by atoms with Gasteiger partial charge in [-0.3, -0.25) is 4.79 Å². The summed E-state index contributed by atoms with van der Waals surface area (Å²) >= 11 is 0. The normalized spacial score (nSPS) is 10.6. The van der Waals surface area contributed by atoms with E-state index in [9.17, 15) is 4.79 Å². The molecule has 0 atom stereocenters. The summed E-state index contributed by atoms with van der Waals surface area (Å²) in [7, 11) is 0. The van der Waals surface area contributed by atoms with E-state index in [0.29, 0.717) is 17.4 Å². The number of carbonyl (C=O) groups excluding carboxylic acids is 1. The van der Waals surface area contributed by atoms with Crippen molar-refractivity contribution < 1.29 is 9.32 Å². The molecule has 1 amide bonds. The molecule has 7 nitrogen and oxygen atoms in total. The molecule has 0 fully saturated rings. The maximum absolute atomic E-state index is 12.1. The Balaban J connectivity index is 1.73. The summed E-state index contributed by atoms with van der Waals surface area (Å²) in [4.78, 5) is 12.1. The third-order valence-corrected chi connectivity index (χ3v) is 3.70. The fourth-order valence-electron chi connectivity index (χ4n) is 2.63. The molecule has 1 aromatic carbocycles. The first kappa shape index (κ1) is 16.6. The van der Waals surface area contributed by atoms with Gasteiger partial charge in [0.05, 0.1) is 0 Å². The van der Waals surface area contributed by atoms with Crippen LogP contribution in [-0.2, 0) is 0 Å². The van der Waals surface area contributed by atoms with Crippen LogP contribution in [0.15, 0.2) is 34.9 Å². The second kappa shape index (κ2) is 6.72. The van der Waals surface area contributed by atoms with Gasteiger partial charge in [-0.1, -0.05) is 22.9 Å². The molecule has 3 rings (SSSR count). The van der Waals surface area contributed by atoms with Crippen molar-refractivity contribution in [3.8, 4) is 0 Å². The molecule has 7 heteroatoms. The fourth-order valence-corrected chi connectivity index (χ4v) is 2.63. The van der Waals surface area contributed by atoms with Crippen LogP contribution in [0.1, 0.15) is 32.9 Å². The van der Waals surface area contributed by atoms with Crippen molar-refractivity contribution in [3.05, 3.63) is 58.5 Å². The van der Waals surface area contributed by atoms with Crippen LogP contribution in [0, 0.1) is 27.7 Å². The highest BCUT2D eigenvalue weighted by atomic mass is 16.5. The van der Waals surface area contributed by atoms with Crippen LogP contribution in [0.2, 0.25) is 0 Å². The van der Waals surface area contributed by atoms with Crippen LogP contribution >= 0.6 is 0 Å². The minimum absolute atomic E-state index is 0.198. The van der Waals surface area contributed by atoms with Gasteiger partial charge in [0.25, 0.3) is 5.91 Å². The van der Waals surface area contributed by atoms with Gasteiger partial charge in [-0.25, -0.2) is 0 Å². The number of nitrogens with one attached hydrogen (secondary N) is 2. The first-order valence-corrected chi connectivity index (χ1v) is 7.85. The Morgan fingerprint density at radius 2 is 1.68 bits per heavy atom. The smallest absolute Gasteiger partial charge is 0.277 e. The van der Waals surface area contributed by atoms with Gasteiger partial charge in [0.1, 0.15) is 5.76 Å². The van der Waals surface area contributed by atoms with Gasteiger partial charge in [0.2, 0.25) is 0 Å². The van der Waals surface area contributed by atoms with E-state index < -0.39 is 5.91 Å². The SMILES string of the molecule is Cc1cc(C)c(Nc2ccc(C(=O)Nc3cc(C)on3)nn2)c(C)c1. The zero-order valence-corrected chi connectivity index (χ0v) is 14.5. The Kier molecular flexibility index (Phi) is 4.47. The van der Waals surface area contributed by atoms with Gasteiger partial charge < -0.3 is 15.2 Å². The number of amides is 1. The number of aryl methyl sites for hydroxylation is 4. The molecule has 0 bridgehead atoms. The summed E-state index contributed by atoms with van der Waals surface area (Å²) in [5.74, 6) is 1.14. The van der Waals surface area contributed by atoms with Crippen LogP contribution in [0.3, 0.4) is 0 Å². The number of hydrogen-bond acceptors (Lipinski definition) is 6. The standard InChI is InChI=1S/C18H19N5O2/c1-10-7-11(2)17(12(3)8-10)19-15-6-5-14(21-22-15)18(24)20-16-9-13(4)25-23-16/h5-9H,1-4H3,(H,19,22)(H,20,23,24). The molecule has 128 valence electrons. The van der Waals surface area contributed by atoms with Crippen LogP contribution < -0.4 is 10.6 Å². The molecule has 0 saturated heterocycles. The van der Waals surface area contributed by atoms with Crippen molar-refractivity contribution in [2.75, 3.05) is 10.6 Å². The van der Waals surface area contributed by atoms with Gasteiger partial charge in [-0.05, 0) is 51.0 Å². The van der Waals surface area contributed by atoms with Crippen LogP contribution in [0.5, 0.6) is 0 Å². The maximum atomic E-state index is 12.1. The average Bonchev–Trinajstić information content (AvgIpc) is 2.96. The second-order valence-electron chi connectivity index (χ2n) is 5.98. The van der Waals surface area contributed by atoms with E-state index in [-0.39, 0.29) is 5.69 Å². The summed E-state index contributed by atoms with van der Waals surface area (Å²) in [6.07, 6.45) is 0.